The fraction of sp³-hybridized carbons (Fsp3) is 0.292. The number of nitro benzene ring substituents is 1. The molecule has 1 heterocycles. The van der Waals surface area contributed by atoms with E-state index in [1.54, 1.807) is 35.2 Å². The molecule has 1 fully saturated rings. The van der Waals surface area contributed by atoms with E-state index in [0.29, 0.717) is 47.2 Å². The predicted octanol–water partition coefficient (Wildman–Crippen LogP) is 5.39. The summed E-state index contributed by atoms with van der Waals surface area (Å²) in [5, 5.41) is 13.8. The Labute approximate surface area is 207 Å². The van der Waals surface area contributed by atoms with Crippen LogP contribution in [0, 0.1) is 10.1 Å². The lowest BCUT2D eigenvalue weighted by Crippen LogP contribution is -2.29. The lowest BCUT2D eigenvalue weighted by atomic mass is 10.1. The number of non-ortho nitro benzene ring substituents is 1. The van der Waals surface area contributed by atoms with Crippen molar-refractivity contribution in [1.29, 1.82) is 0 Å². The summed E-state index contributed by atoms with van der Waals surface area (Å²) in [6.07, 6.45) is 4.20. The largest absolute Gasteiger partial charge is 0.494 e. The zero-order valence-electron chi connectivity index (χ0n) is 18.7. The number of amides is 2. The number of carbonyl (C=O) groups excluding carboxylic acids is 2. The molecule has 1 N–H and O–H groups in total. The maximum atomic E-state index is 12.7. The number of unbranched alkanes of at least 4 members (excludes halogenated alkanes) is 2. The van der Waals surface area contributed by atoms with Crippen molar-refractivity contribution >= 4 is 57.6 Å². The molecule has 0 spiro atoms. The van der Waals surface area contributed by atoms with Crippen LogP contribution in [-0.2, 0) is 9.59 Å². The first-order valence-corrected chi connectivity index (χ1v) is 12.1. The van der Waals surface area contributed by atoms with Gasteiger partial charge < -0.3 is 10.1 Å². The lowest BCUT2D eigenvalue weighted by Gasteiger charge is -2.14. The zero-order chi connectivity index (χ0) is 24.5. The van der Waals surface area contributed by atoms with Crippen molar-refractivity contribution in [2.24, 2.45) is 0 Å². The number of benzene rings is 2. The Bertz CT molecular complexity index is 1100. The van der Waals surface area contributed by atoms with Gasteiger partial charge >= 0.3 is 0 Å². The summed E-state index contributed by atoms with van der Waals surface area (Å²) in [5.41, 5.74) is 1.27. The number of anilines is 1. The second-order valence-corrected chi connectivity index (χ2v) is 9.18. The molecule has 2 aromatic rings. The van der Waals surface area contributed by atoms with Gasteiger partial charge in [0.05, 0.1) is 16.4 Å². The van der Waals surface area contributed by atoms with Crippen LogP contribution in [0.3, 0.4) is 0 Å². The van der Waals surface area contributed by atoms with Gasteiger partial charge in [0.15, 0.2) is 0 Å². The Hall–Kier alpha value is -3.24. The Morgan fingerprint density at radius 2 is 1.97 bits per heavy atom. The average Bonchev–Trinajstić information content (AvgIpc) is 3.07. The van der Waals surface area contributed by atoms with Crippen LogP contribution < -0.4 is 10.1 Å². The lowest BCUT2D eigenvalue weighted by molar-refractivity contribution is -0.384. The van der Waals surface area contributed by atoms with Gasteiger partial charge in [0.1, 0.15) is 10.1 Å². The summed E-state index contributed by atoms with van der Waals surface area (Å²) < 4.78 is 5.85. The fourth-order valence-electron chi connectivity index (χ4n) is 3.33. The Morgan fingerprint density at radius 3 is 2.68 bits per heavy atom. The van der Waals surface area contributed by atoms with Crippen LogP contribution >= 0.6 is 24.0 Å². The first kappa shape index (κ1) is 25.4. The monoisotopic (exact) mass is 499 g/mol. The van der Waals surface area contributed by atoms with Crippen molar-refractivity contribution in [1.82, 2.24) is 4.90 Å². The summed E-state index contributed by atoms with van der Waals surface area (Å²) in [6, 6.07) is 13.3. The van der Waals surface area contributed by atoms with E-state index in [9.17, 15) is 19.7 Å². The molecule has 0 unspecified atom stereocenters. The molecule has 2 aromatic carbocycles. The van der Waals surface area contributed by atoms with E-state index >= 15 is 0 Å². The third kappa shape index (κ3) is 7.13. The summed E-state index contributed by atoms with van der Waals surface area (Å²) in [5.74, 6) is 0.500. The third-order valence-electron chi connectivity index (χ3n) is 4.99. The number of carbonyl (C=O) groups is 2. The second kappa shape index (κ2) is 12.3. The molecule has 1 aliphatic rings. The van der Waals surface area contributed by atoms with Crippen molar-refractivity contribution in [2.75, 3.05) is 18.5 Å². The van der Waals surface area contributed by atoms with Crippen molar-refractivity contribution in [2.45, 2.75) is 32.6 Å². The standard InChI is InChI=1S/C24H25N3O5S2/c1-2-32-20-12-10-18(11-13-20)25-22(28)9-4-3-5-14-26-23(29)21(34-24(26)33)16-17-7-6-8-19(15-17)27(30)31/h6-8,10-13,15-16H,2-5,9,14H2,1H3,(H,25,28)/b21-16-. The van der Waals surface area contributed by atoms with Gasteiger partial charge in [-0.1, -0.05) is 42.5 Å². The van der Waals surface area contributed by atoms with Crippen LogP contribution in [0.2, 0.25) is 0 Å². The molecule has 0 saturated carbocycles. The van der Waals surface area contributed by atoms with Gasteiger partial charge in [0, 0.05) is 30.8 Å². The highest BCUT2D eigenvalue weighted by Gasteiger charge is 2.31. The smallest absolute Gasteiger partial charge is 0.270 e. The molecule has 8 nitrogen and oxygen atoms in total. The summed E-state index contributed by atoms with van der Waals surface area (Å²) in [7, 11) is 0. The SMILES string of the molecule is CCOc1ccc(NC(=O)CCCCCN2C(=O)/C(=C/c3cccc([N+](=O)[O-])c3)SC2=S)cc1. The highest BCUT2D eigenvalue weighted by molar-refractivity contribution is 8.26. The van der Waals surface area contributed by atoms with Crippen LogP contribution in [0.5, 0.6) is 5.75 Å². The topological polar surface area (TPSA) is 102 Å². The van der Waals surface area contributed by atoms with Gasteiger partial charge in [-0.15, -0.1) is 0 Å². The van der Waals surface area contributed by atoms with Crippen molar-refractivity contribution in [3.05, 3.63) is 69.1 Å². The van der Waals surface area contributed by atoms with E-state index in [1.807, 2.05) is 19.1 Å². The van der Waals surface area contributed by atoms with E-state index in [4.69, 9.17) is 17.0 Å². The van der Waals surface area contributed by atoms with Crippen molar-refractivity contribution in [3.63, 3.8) is 0 Å². The van der Waals surface area contributed by atoms with E-state index in [0.717, 1.165) is 17.9 Å². The van der Waals surface area contributed by atoms with Crippen LogP contribution in [0.1, 0.15) is 38.2 Å². The first-order valence-electron chi connectivity index (χ1n) is 10.9. The molecule has 0 aliphatic carbocycles. The number of nitrogens with one attached hydrogen (secondary N) is 1. The highest BCUT2D eigenvalue weighted by Crippen LogP contribution is 2.33. The molecular formula is C24H25N3O5S2. The Kier molecular flexibility index (Phi) is 9.17. The molecular weight excluding hydrogens is 474 g/mol. The quantitative estimate of drug-likeness (QED) is 0.145. The molecule has 1 aliphatic heterocycles. The zero-order valence-corrected chi connectivity index (χ0v) is 20.3. The molecule has 10 heteroatoms. The molecule has 3 rings (SSSR count). The number of rotatable bonds is 11. The fourth-order valence-corrected chi connectivity index (χ4v) is 4.64. The number of thiocarbonyl (C=S) groups is 1. The summed E-state index contributed by atoms with van der Waals surface area (Å²) >= 11 is 6.53. The molecule has 0 atom stereocenters. The van der Waals surface area contributed by atoms with Crippen molar-refractivity contribution in [3.8, 4) is 5.75 Å². The number of nitro groups is 1. The van der Waals surface area contributed by atoms with Crippen molar-refractivity contribution < 1.29 is 19.2 Å². The molecule has 0 bridgehead atoms. The normalized spacial score (nSPS) is 14.5. The van der Waals surface area contributed by atoms with E-state index in [2.05, 4.69) is 5.32 Å². The van der Waals surface area contributed by atoms with Gasteiger partial charge in [-0.25, -0.2) is 0 Å². The molecule has 1 saturated heterocycles. The van der Waals surface area contributed by atoms with Crippen LogP contribution in [0.25, 0.3) is 6.08 Å². The van der Waals surface area contributed by atoms with E-state index in [1.165, 1.54) is 23.9 Å². The van der Waals surface area contributed by atoms with Gasteiger partial charge in [0.25, 0.3) is 11.6 Å². The minimum Gasteiger partial charge on any atom is -0.494 e. The van der Waals surface area contributed by atoms with Crippen LogP contribution in [0.15, 0.2) is 53.4 Å². The maximum absolute atomic E-state index is 12.7. The Balaban J connectivity index is 1.42. The third-order valence-corrected chi connectivity index (χ3v) is 6.36. The minimum absolute atomic E-state index is 0.0317. The van der Waals surface area contributed by atoms with Gasteiger partial charge in [0.2, 0.25) is 5.91 Å². The predicted molar refractivity (Wildman–Crippen MR) is 138 cm³/mol. The molecule has 34 heavy (non-hydrogen) atoms. The number of thioether (sulfide) groups is 1. The highest BCUT2D eigenvalue weighted by atomic mass is 32.2. The number of nitrogens with zero attached hydrogens (tertiary/aromatic N) is 2. The summed E-state index contributed by atoms with van der Waals surface area (Å²) in [6.45, 7) is 2.97. The van der Waals surface area contributed by atoms with Gasteiger partial charge in [-0.05, 0) is 55.7 Å². The van der Waals surface area contributed by atoms with E-state index < -0.39 is 4.92 Å². The first-order chi connectivity index (χ1) is 16.4. The van der Waals surface area contributed by atoms with E-state index in [-0.39, 0.29) is 17.5 Å². The number of hydrogen-bond donors (Lipinski definition) is 1. The number of hydrogen-bond acceptors (Lipinski definition) is 7. The Morgan fingerprint density at radius 1 is 1.21 bits per heavy atom. The van der Waals surface area contributed by atoms with Crippen LogP contribution in [0.4, 0.5) is 11.4 Å². The van der Waals surface area contributed by atoms with Crippen LogP contribution in [-0.4, -0.2) is 39.1 Å². The summed E-state index contributed by atoms with van der Waals surface area (Å²) in [4.78, 5) is 37.3. The molecule has 0 radical (unpaired) electrons. The maximum Gasteiger partial charge on any atom is 0.270 e. The minimum atomic E-state index is -0.471. The van der Waals surface area contributed by atoms with Gasteiger partial charge in [-0.3, -0.25) is 24.6 Å². The molecule has 178 valence electrons. The molecule has 0 aromatic heterocycles. The number of ether oxygens (including phenoxy) is 1. The molecule has 2 amide bonds. The average molecular weight is 500 g/mol. The van der Waals surface area contributed by atoms with Gasteiger partial charge in [-0.2, -0.15) is 0 Å². The second-order valence-electron chi connectivity index (χ2n) is 7.50.